The van der Waals surface area contributed by atoms with E-state index in [1.807, 2.05) is 0 Å². The van der Waals surface area contributed by atoms with Gasteiger partial charge in [-0.05, 0) is 38.6 Å². The highest BCUT2D eigenvalue weighted by molar-refractivity contribution is 5.76. The van der Waals surface area contributed by atoms with Gasteiger partial charge < -0.3 is 5.32 Å². The Morgan fingerprint density at radius 2 is 2.12 bits per heavy atom. The molecule has 1 N–H and O–H groups in total. The quantitative estimate of drug-likeness (QED) is 0.774. The van der Waals surface area contributed by atoms with Crippen LogP contribution in [-0.2, 0) is 4.79 Å². The van der Waals surface area contributed by atoms with Crippen LogP contribution >= 0.6 is 0 Å². The predicted octanol–water partition coefficient (Wildman–Crippen LogP) is 1.92. The average molecular weight is 224 g/mol. The number of nitrogens with zero attached hydrogens (tertiary/aromatic N) is 1. The Balaban J connectivity index is 1.68. The zero-order chi connectivity index (χ0) is 11.4. The molecule has 2 rings (SSSR count). The van der Waals surface area contributed by atoms with Crippen molar-refractivity contribution in [3.63, 3.8) is 0 Å². The number of nitrogens with one attached hydrogen (secondary N) is 1. The summed E-state index contributed by atoms with van der Waals surface area (Å²) in [5, 5.41) is 3.06. The van der Waals surface area contributed by atoms with Gasteiger partial charge in [0.2, 0.25) is 5.91 Å². The summed E-state index contributed by atoms with van der Waals surface area (Å²) < 4.78 is 0. The first-order valence-electron chi connectivity index (χ1n) is 6.83. The Morgan fingerprint density at radius 3 is 2.81 bits per heavy atom. The van der Waals surface area contributed by atoms with Crippen molar-refractivity contribution in [2.45, 2.75) is 64.0 Å². The molecule has 1 atom stereocenters. The smallest absolute Gasteiger partial charge is 0.221 e. The number of carbonyl (C=O) groups excluding carboxylic acids is 1. The standard InChI is InChI=1S/C13H24N2O/c1-2-12-5-3-4-9-15(12)10-8-13(16)14-11-6-7-11/h11-12H,2-10H2,1H3,(H,14,16). The molecule has 3 heteroatoms. The predicted molar refractivity (Wildman–Crippen MR) is 65.3 cm³/mol. The summed E-state index contributed by atoms with van der Waals surface area (Å²) >= 11 is 0. The summed E-state index contributed by atoms with van der Waals surface area (Å²) in [6, 6.07) is 1.23. The zero-order valence-corrected chi connectivity index (χ0v) is 10.4. The van der Waals surface area contributed by atoms with Crippen molar-refractivity contribution in [3.05, 3.63) is 0 Å². The van der Waals surface area contributed by atoms with Crippen molar-refractivity contribution in [2.75, 3.05) is 13.1 Å². The first-order valence-corrected chi connectivity index (χ1v) is 6.83. The third-order valence-corrected chi connectivity index (χ3v) is 3.79. The Morgan fingerprint density at radius 1 is 1.31 bits per heavy atom. The molecule has 0 aromatic carbocycles. The number of amides is 1. The van der Waals surface area contributed by atoms with E-state index in [1.165, 1.54) is 45.1 Å². The summed E-state index contributed by atoms with van der Waals surface area (Å²) in [6.45, 7) is 4.40. The molecule has 0 aromatic heterocycles. The highest BCUT2D eigenvalue weighted by Crippen LogP contribution is 2.20. The fourth-order valence-corrected chi connectivity index (χ4v) is 2.59. The molecule has 2 aliphatic rings. The number of hydrogen-bond donors (Lipinski definition) is 1. The van der Waals surface area contributed by atoms with Crippen LogP contribution in [0.4, 0.5) is 0 Å². The van der Waals surface area contributed by atoms with E-state index in [-0.39, 0.29) is 5.91 Å². The molecule has 1 aliphatic carbocycles. The monoisotopic (exact) mass is 224 g/mol. The van der Waals surface area contributed by atoms with Crippen LogP contribution in [0.5, 0.6) is 0 Å². The van der Waals surface area contributed by atoms with Gasteiger partial charge in [-0.1, -0.05) is 13.3 Å². The largest absolute Gasteiger partial charge is 0.353 e. The van der Waals surface area contributed by atoms with Gasteiger partial charge in [-0.15, -0.1) is 0 Å². The minimum Gasteiger partial charge on any atom is -0.353 e. The first-order chi connectivity index (χ1) is 7.79. The molecular formula is C13H24N2O. The highest BCUT2D eigenvalue weighted by atomic mass is 16.1. The van der Waals surface area contributed by atoms with E-state index >= 15 is 0 Å². The number of rotatable bonds is 5. The average Bonchev–Trinajstić information content (AvgIpc) is 3.10. The molecule has 0 radical (unpaired) electrons. The molecule has 2 fully saturated rings. The van der Waals surface area contributed by atoms with Crippen molar-refractivity contribution in [1.29, 1.82) is 0 Å². The van der Waals surface area contributed by atoms with Gasteiger partial charge in [0.15, 0.2) is 0 Å². The molecule has 1 saturated heterocycles. The number of hydrogen-bond acceptors (Lipinski definition) is 2. The van der Waals surface area contributed by atoms with E-state index in [0.717, 1.165) is 12.6 Å². The van der Waals surface area contributed by atoms with Gasteiger partial charge in [0.05, 0.1) is 0 Å². The Kier molecular flexibility index (Phi) is 4.22. The normalized spacial score (nSPS) is 26.7. The fraction of sp³-hybridized carbons (Fsp3) is 0.923. The van der Waals surface area contributed by atoms with Gasteiger partial charge in [-0.2, -0.15) is 0 Å². The summed E-state index contributed by atoms with van der Waals surface area (Å²) in [5.74, 6) is 0.253. The maximum Gasteiger partial charge on any atom is 0.221 e. The fourth-order valence-electron chi connectivity index (χ4n) is 2.59. The lowest BCUT2D eigenvalue weighted by Gasteiger charge is -2.35. The summed E-state index contributed by atoms with van der Waals surface area (Å²) in [6.07, 6.45) is 8.28. The van der Waals surface area contributed by atoms with Crippen LogP contribution in [0.1, 0.15) is 51.9 Å². The van der Waals surface area contributed by atoms with Crippen molar-refractivity contribution >= 4 is 5.91 Å². The third-order valence-electron chi connectivity index (χ3n) is 3.79. The maximum absolute atomic E-state index is 11.6. The Hall–Kier alpha value is -0.570. The van der Waals surface area contributed by atoms with E-state index < -0.39 is 0 Å². The van der Waals surface area contributed by atoms with E-state index in [2.05, 4.69) is 17.1 Å². The van der Waals surface area contributed by atoms with E-state index in [9.17, 15) is 4.79 Å². The van der Waals surface area contributed by atoms with Crippen molar-refractivity contribution < 1.29 is 4.79 Å². The molecule has 92 valence electrons. The second-order valence-electron chi connectivity index (χ2n) is 5.19. The van der Waals surface area contributed by atoms with Crippen LogP contribution in [0.25, 0.3) is 0 Å². The molecule has 0 aromatic rings. The molecular weight excluding hydrogens is 200 g/mol. The summed E-state index contributed by atoms with van der Waals surface area (Å²) in [7, 11) is 0. The van der Waals surface area contributed by atoms with Gasteiger partial charge in [0.25, 0.3) is 0 Å². The minimum atomic E-state index is 0.253. The molecule has 0 spiro atoms. The van der Waals surface area contributed by atoms with E-state index in [0.29, 0.717) is 12.5 Å². The van der Waals surface area contributed by atoms with Crippen LogP contribution in [-0.4, -0.2) is 36.0 Å². The summed E-state index contributed by atoms with van der Waals surface area (Å²) in [4.78, 5) is 14.1. The van der Waals surface area contributed by atoms with E-state index in [1.54, 1.807) is 0 Å². The minimum absolute atomic E-state index is 0.253. The second-order valence-corrected chi connectivity index (χ2v) is 5.19. The maximum atomic E-state index is 11.6. The Bertz CT molecular complexity index is 238. The lowest BCUT2D eigenvalue weighted by Crippen LogP contribution is -2.41. The van der Waals surface area contributed by atoms with Gasteiger partial charge in [-0.3, -0.25) is 9.69 Å². The Labute approximate surface area is 98.6 Å². The van der Waals surface area contributed by atoms with Gasteiger partial charge >= 0.3 is 0 Å². The summed E-state index contributed by atoms with van der Waals surface area (Å²) in [5.41, 5.74) is 0. The molecule has 1 saturated carbocycles. The molecule has 1 unspecified atom stereocenters. The van der Waals surface area contributed by atoms with Gasteiger partial charge in [0.1, 0.15) is 0 Å². The molecule has 1 amide bonds. The molecule has 16 heavy (non-hydrogen) atoms. The molecule has 1 aliphatic heterocycles. The van der Waals surface area contributed by atoms with Gasteiger partial charge in [-0.25, -0.2) is 0 Å². The van der Waals surface area contributed by atoms with E-state index in [4.69, 9.17) is 0 Å². The van der Waals surface area contributed by atoms with Crippen molar-refractivity contribution in [2.24, 2.45) is 0 Å². The molecule has 0 bridgehead atoms. The first kappa shape index (κ1) is 11.9. The van der Waals surface area contributed by atoms with Crippen LogP contribution in [0, 0.1) is 0 Å². The molecule has 1 heterocycles. The lowest BCUT2D eigenvalue weighted by molar-refractivity contribution is -0.121. The topological polar surface area (TPSA) is 32.3 Å². The second kappa shape index (κ2) is 5.67. The lowest BCUT2D eigenvalue weighted by atomic mass is 10.00. The number of carbonyl (C=O) groups is 1. The zero-order valence-electron chi connectivity index (χ0n) is 10.4. The van der Waals surface area contributed by atoms with Crippen LogP contribution in [0.15, 0.2) is 0 Å². The van der Waals surface area contributed by atoms with Crippen LogP contribution < -0.4 is 5.32 Å². The highest BCUT2D eigenvalue weighted by Gasteiger charge is 2.24. The number of likely N-dealkylation sites (tertiary alicyclic amines) is 1. The van der Waals surface area contributed by atoms with Gasteiger partial charge in [0, 0.05) is 25.0 Å². The van der Waals surface area contributed by atoms with Crippen LogP contribution in [0.3, 0.4) is 0 Å². The third kappa shape index (κ3) is 3.48. The SMILES string of the molecule is CCC1CCCCN1CCC(=O)NC1CC1. The molecule has 3 nitrogen and oxygen atoms in total. The van der Waals surface area contributed by atoms with Crippen molar-refractivity contribution in [3.8, 4) is 0 Å². The number of piperidine rings is 1. The van der Waals surface area contributed by atoms with Crippen LogP contribution in [0.2, 0.25) is 0 Å². The van der Waals surface area contributed by atoms with Crippen molar-refractivity contribution in [1.82, 2.24) is 10.2 Å².